The predicted octanol–water partition coefficient (Wildman–Crippen LogP) is 1.69. The molecule has 0 radical (unpaired) electrons. The molecule has 0 aliphatic heterocycles. The molecule has 0 fully saturated rings. The van der Waals surface area contributed by atoms with E-state index in [2.05, 4.69) is 24.1 Å². The quantitative estimate of drug-likeness (QED) is 0.443. The van der Waals surface area contributed by atoms with Crippen LogP contribution in [-0.4, -0.2) is 48.5 Å². The Morgan fingerprint density at radius 1 is 1.28 bits per heavy atom. The number of nitrogens with one attached hydrogen (secondary N) is 1. The first-order chi connectivity index (χ1) is 12.0. The highest BCUT2D eigenvalue weighted by molar-refractivity contribution is 6.01. The number of amides is 1. The van der Waals surface area contributed by atoms with E-state index in [0.29, 0.717) is 0 Å². The van der Waals surface area contributed by atoms with Crippen LogP contribution in [0.25, 0.3) is 6.08 Å². The molecule has 1 aromatic rings. The van der Waals surface area contributed by atoms with Crippen molar-refractivity contribution in [3.63, 3.8) is 0 Å². The molecule has 1 aromatic carbocycles. The molecule has 0 spiro atoms. The summed E-state index contributed by atoms with van der Waals surface area (Å²) in [7, 11) is 0. The van der Waals surface area contributed by atoms with Crippen LogP contribution < -0.4 is 10.2 Å². The average molecular weight is 345 g/mol. The first-order valence-corrected chi connectivity index (χ1v) is 8.59. The summed E-state index contributed by atoms with van der Waals surface area (Å²) in [5, 5.41) is 29.6. The maximum absolute atomic E-state index is 11.9. The van der Waals surface area contributed by atoms with Crippen LogP contribution in [0.2, 0.25) is 0 Å². The molecule has 6 heteroatoms. The lowest BCUT2D eigenvalue weighted by molar-refractivity contribution is -0.117. The third kappa shape index (κ3) is 6.96. The number of hydrogen-bond donors (Lipinski definition) is 3. The van der Waals surface area contributed by atoms with Crippen LogP contribution in [0.1, 0.15) is 32.3 Å². The third-order valence-corrected chi connectivity index (χ3v) is 3.63. The van der Waals surface area contributed by atoms with Gasteiger partial charge in [0.05, 0.1) is 12.7 Å². The molecular formula is C19H27N3O3. The Kier molecular flexibility index (Phi) is 9.30. The highest BCUT2D eigenvalue weighted by Crippen LogP contribution is 2.17. The van der Waals surface area contributed by atoms with Crippen LogP contribution in [0.3, 0.4) is 0 Å². The molecule has 1 rings (SSSR count). The van der Waals surface area contributed by atoms with E-state index in [1.807, 2.05) is 30.3 Å². The van der Waals surface area contributed by atoms with Gasteiger partial charge in [0.1, 0.15) is 11.6 Å². The SMILES string of the molecule is CCCN(CCC)c1ccc(C=C(C#N)C(=O)NCC(O)CO)cc1. The molecule has 1 amide bonds. The largest absolute Gasteiger partial charge is 0.394 e. The highest BCUT2D eigenvalue weighted by atomic mass is 16.3. The van der Waals surface area contributed by atoms with Crippen LogP contribution >= 0.6 is 0 Å². The minimum atomic E-state index is -1.04. The fourth-order valence-electron chi connectivity index (χ4n) is 2.38. The maximum atomic E-state index is 11.9. The van der Waals surface area contributed by atoms with Crippen LogP contribution in [0.4, 0.5) is 5.69 Å². The lowest BCUT2D eigenvalue weighted by Gasteiger charge is -2.23. The Morgan fingerprint density at radius 2 is 1.88 bits per heavy atom. The zero-order chi connectivity index (χ0) is 18.7. The fourth-order valence-corrected chi connectivity index (χ4v) is 2.38. The van der Waals surface area contributed by atoms with Gasteiger partial charge in [-0.3, -0.25) is 4.79 Å². The van der Waals surface area contributed by atoms with E-state index in [1.165, 1.54) is 6.08 Å². The van der Waals surface area contributed by atoms with Crippen molar-refractivity contribution in [2.45, 2.75) is 32.8 Å². The Labute approximate surface area is 149 Å². The first-order valence-electron chi connectivity index (χ1n) is 8.59. The zero-order valence-corrected chi connectivity index (χ0v) is 14.9. The minimum absolute atomic E-state index is 0.0446. The van der Waals surface area contributed by atoms with E-state index in [1.54, 1.807) is 0 Å². The summed E-state index contributed by atoms with van der Waals surface area (Å²) in [6.45, 7) is 5.72. The number of nitriles is 1. The summed E-state index contributed by atoms with van der Waals surface area (Å²) in [5.41, 5.74) is 1.83. The van der Waals surface area contributed by atoms with Gasteiger partial charge >= 0.3 is 0 Å². The molecule has 0 aliphatic carbocycles. The first kappa shape index (κ1) is 20.7. The second-order valence-corrected chi connectivity index (χ2v) is 5.79. The van der Waals surface area contributed by atoms with Crippen LogP contribution in [0.15, 0.2) is 29.8 Å². The second kappa shape index (κ2) is 11.2. The van der Waals surface area contributed by atoms with Gasteiger partial charge in [-0.25, -0.2) is 0 Å². The van der Waals surface area contributed by atoms with E-state index < -0.39 is 18.6 Å². The molecule has 0 saturated heterocycles. The van der Waals surface area contributed by atoms with E-state index in [-0.39, 0.29) is 12.1 Å². The number of hydrogen-bond acceptors (Lipinski definition) is 5. The lowest BCUT2D eigenvalue weighted by Crippen LogP contribution is -2.34. The number of carbonyl (C=O) groups is 1. The number of aliphatic hydroxyl groups is 2. The summed E-state index contributed by atoms with van der Waals surface area (Å²) in [4.78, 5) is 14.2. The average Bonchev–Trinajstić information content (AvgIpc) is 2.64. The number of anilines is 1. The van der Waals surface area contributed by atoms with Gasteiger partial charge in [-0.2, -0.15) is 5.26 Å². The summed E-state index contributed by atoms with van der Waals surface area (Å²) < 4.78 is 0. The van der Waals surface area contributed by atoms with E-state index in [4.69, 9.17) is 10.4 Å². The summed E-state index contributed by atoms with van der Waals surface area (Å²) in [6.07, 6.45) is 2.61. The summed E-state index contributed by atoms with van der Waals surface area (Å²) >= 11 is 0. The number of rotatable bonds is 10. The molecule has 3 N–H and O–H groups in total. The number of carbonyl (C=O) groups excluding carboxylic acids is 1. The van der Waals surface area contributed by atoms with Gasteiger partial charge < -0.3 is 20.4 Å². The van der Waals surface area contributed by atoms with Gasteiger partial charge in [-0.15, -0.1) is 0 Å². The van der Waals surface area contributed by atoms with Gasteiger partial charge in [0, 0.05) is 25.3 Å². The van der Waals surface area contributed by atoms with Crippen molar-refractivity contribution in [3.8, 4) is 6.07 Å². The molecule has 6 nitrogen and oxygen atoms in total. The van der Waals surface area contributed by atoms with E-state index in [9.17, 15) is 9.90 Å². The van der Waals surface area contributed by atoms with Crippen LogP contribution in [0.5, 0.6) is 0 Å². The summed E-state index contributed by atoms with van der Waals surface area (Å²) in [5.74, 6) is -0.572. The molecule has 1 atom stereocenters. The highest BCUT2D eigenvalue weighted by Gasteiger charge is 2.11. The van der Waals surface area contributed by atoms with Gasteiger partial charge in [0.2, 0.25) is 0 Å². The van der Waals surface area contributed by atoms with Crippen LogP contribution in [-0.2, 0) is 4.79 Å². The van der Waals surface area contributed by atoms with Crippen molar-refractivity contribution < 1.29 is 15.0 Å². The van der Waals surface area contributed by atoms with E-state index in [0.717, 1.165) is 37.2 Å². The Bertz CT molecular complexity index is 599. The Morgan fingerprint density at radius 3 is 2.36 bits per heavy atom. The van der Waals surface area contributed by atoms with Crippen molar-refractivity contribution in [1.29, 1.82) is 5.26 Å². The lowest BCUT2D eigenvalue weighted by atomic mass is 10.1. The number of aliphatic hydroxyl groups excluding tert-OH is 2. The zero-order valence-electron chi connectivity index (χ0n) is 14.9. The van der Waals surface area contributed by atoms with Crippen LogP contribution in [0, 0.1) is 11.3 Å². The van der Waals surface area contributed by atoms with Gasteiger partial charge in [0.15, 0.2) is 0 Å². The molecule has 0 aliphatic rings. The third-order valence-electron chi connectivity index (χ3n) is 3.63. The van der Waals surface area contributed by atoms with Gasteiger partial charge in [-0.05, 0) is 36.6 Å². The molecular weight excluding hydrogens is 318 g/mol. The van der Waals surface area contributed by atoms with Crippen molar-refractivity contribution in [1.82, 2.24) is 5.32 Å². The number of benzene rings is 1. The fraction of sp³-hybridized carbons (Fsp3) is 0.474. The monoisotopic (exact) mass is 345 g/mol. The molecule has 25 heavy (non-hydrogen) atoms. The topological polar surface area (TPSA) is 96.6 Å². The maximum Gasteiger partial charge on any atom is 0.262 e. The van der Waals surface area contributed by atoms with Crippen molar-refractivity contribution in [3.05, 3.63) is 35.4 Å². The molecule has 0 aromatic heterocycles. The van der Waals surface area contributed by atoms with E-state index >= 15 is 0 Å². The minimum Gasteiger partial charge on any atom is -0.394 e. The Hall–Kier alpha value is -2.36. The summed E-state index contributed by atoms with van der Waals surface area (Å²) in [6, 6.07) is 9.59. The molecule has 0 bridgehead atoms. The smallest absolute Gasteiger partial charge is 0.262 e. The van der Waals surface area contributed by atoms with Crippen molar-refractivity contribution >= 4 is 17.7 Å². The normalized spacial score (nSPS) is 12.4. The molecule has 0 saturated carbocycles. The van der Waals surface area contributed by atoms with Crippen molar-refractivity contribution in [2.75, 3.05) is 31.1 Å². The standard InChI is InChI=1S/C19H27N3O3/c1-3-9-22(10-4-2)17-7-5-15(6-8-17)11-16(12-20)19(25)21-13-18(24)14-23/h5-8,11,18,23-24H,3-4,9-10,13-14H2,1-2H3,(H,21,25). The molecule has 0 heterocycles. The van der Waals surface area contributed by atoms with Gasteiger partial charge in [0.25, 0.3) is 5.91 Å². The van der Waals surface area contributed by atoms with Crippen molar-refractivity contribution in [2.24, 2.45) is 0 Å². The van der Waals surface area contributed by atoms with Gasteiger partial charge in [-0.1, -0.05) is 26.0 Å². The predicted molar refractivity (Wildman–Crippen MR) is 98.9 cm³/mol. The number of nitrogens with zero attached hydrogens (tertiary/aromatic N) is 2. The molecule has 136 valence electrons. The molecule has 1 unspecified atom stereocenters. The Balaban J connectivity index is 2.83. The second-order valence-electron chi connectivity index (χ2n) is 5.79.